The van der Waals surface area contributed by atoms with Gasteiger partial charge in [0.2, 0.25) is 5.91 Å². The van der Waals surface area contributed by atoms with Crippen molar-refractivity contribution in [3.05, 3.63) is 28.3 Å². The van der Waals surface area contributed by atoms with Crippen LogP contribution in [-0.4, -0.2) is 56.6 Å². The van der Waals surface area contributed by atoms with E-state index in [9.17, 15) is 23.3 Å². The molecular weight excluding hydrogens is 382 g/mol. The third-order valence-corrected chi connectivity index (χ3v) is 6.90. The number of hydrogen-bond acceptors (Lipinski definition) is 6. The van der Waals surface area contributed by atoms with Crippen LogP contribution in [0.5, 0.6) is 0 Å². The van der Waals surface area contributed by atoms with Crippen LogP contribution in [0.1, 0.15) is 38.5 Å². The van der Waals surface area contributed by atoms with E-state index in [2.05, 4.69) is 0 Å². The van der Waals surface area contributed by atoms with Crippen LogP contribution in [-0.2, 0) is 14.6 Å². The van der Waals surface area contributed by atoms with Gasteiger partial charge in [-0.15, -0.1) is 0 Å². The van der Waals surface area contributed by atoms with Crippen LogP contribution in [0.25, 0.3) is 0 Å². The number of amides is 1. The van der Waals surface area contributed by atoms with Gasteiger partial charge in [0.25, 0.3) is 5.69 Å². The summed E-state index contributed by atoms with van der Waals surface area (Å²) in [5.74, 6) is 0.842. The molecule has 2 aliphatic rings. The van der Waals surface area contributed by atoms with Gasteiger partial charge in [-0.25, -0.2) is 8.42 Å². The van der Waals surface area contributed by atoms with E-state index in [1.807, 2.05) is 9.80 Å². The van der Waals surface area contributed by atoms with Crippen LogP contribution in [0.3, 0.4) is 0 Å². The standard InChI is InChI=1S/C19H27N3O5S/c1-28(26,27)16-7-8-17(18(14-16)22(24)25)20-10-12-21(13-11-20)19(23)9-6-15-4-2-3-5-15/h7-8,14-15H,2-6,9-13H2,1H3. The van der Waals surface area contributed by atoms with Gasteiger partial charge in [0.15, 0.2) is 9.84 Å². The van der Waals surface area contributed by atoms with Gasteiger partial charge in [-0.1, -0.05) is 25.7 Å². The normalized spacial score (nSPS) is 18.5. The number of sulfone groups is 1. The predicted octanol–water partition coefficient (Wildman–Crippen LogP) is 2.62. The van der Waals surface area contributed by atoms with Gasteiger partial charge in [0.1, 0.15) is 5.69 Å². The van der Waals surface area contributed by atoms with Crippen molar-refractivity contribution in [1.29, 1.82) is 0 Å². The molecule has 1 amide bonds. The van der Waals surface area contributed by atoms with E-state index in [0.717, 1.165) is 18.7 Å². The Morgan fingerprint density at radius 2 is 1.82 bits per heavy atom. The zero-order chi connectivity index (χ0) is 20.3. The summed E-state index contributed by atoms with van der Waals surface area (Å²) in [7, 11) is -3.52. The topological polar surface area (TPSA) is 101 Å². The Bertz CT molecular complexity index is 841. The molecule has 0 spiro atoms. The SMILES string of the molecule is CS(=O)(=O)c1ccc(N2CCN(C(=O)CCC3CCCC3)CC2)c([N+](=O)[O-])c1. The summed E-state index contributed by atoms with van der Waals surface area (Å²) in [6.45, 7) is 2.03. The molecule has 9 heteroatoms. The lowest BCUT2D eigenvalue weighted by molar-refractivity contribution is -0.384. The molecule has 1 heterocycles. The van der Waals surface area contributed by atoms with Crippen LogP contribution in [0.15, 0.2) is 23.1 Å². The van der Waals surface area contributed by atoms with Gasteiger partial charge < -0.3 is 9.80 Å². The summed E-state index contributed by atoms with van der Waals surface area (Å²) >= 11 is 0. The van der Waals surface area contributed by atoms with Crippen LogP contribution >= 0.6 is 0 Å². The summed E-state index contributed by atoms with van der Waals surface area (Å²) in [6, 6.07) is 4.01. The molecule has 0 bridgehead atoms. The van der Waals surface area contributed by atoms with E-state index in [-0.39, 0.29) is 16.5 Å². The quantitative estimate of drug-likeness (QED) is 0.529. The third-order valence-electron chi connectivity index (χ3n) is 5.79. The molecule has 1 aliphatic heterocycles. The number of piperazine rings is 1. The van der Waals surface area contributed by atoms with Crippen LogP contribution in [0, 0.1) is 16.0 Å². The minimum atomic E-state index is -3.52. The highest BCUT2D eigenvalue weighted by Crippen LogP contribution is 2.32. The fourth-order valence-corrected chi connectivity index (χ4v) is 4.77. The monoisotopic (exact) mass is 409 g/mol. The number of anilines is 1. The molecule has 1 aromatic carbocycles. The number of nitrogens with zero attached hydrogens (tertiary/aromatic N) is 3. The van der Waals surface area contributed by atoms with E-state index in [4.69, 9.17) is 0 Å². The first-order valence-electron chi connectivity index (χ1n) is 9.77. The van der Waals surface area contributed by atoms with Gasteiger partial charge >= 0.3 is 0 Å². The second-order valence-electron chi connectivity index (χ2n) is 7.74. The Kier molecular flexibility index (Phi) is 6.22. The molecule has 28 heavy (non-hydrogen) atoms. The van der Waals surface area contributed by atoms with E-state index in [0.29, 0.717) is 44.2 Å². The maximum Gasteiger partial charge on any atom is 0.293 e. The number of nitro groups is 1. The molecule has 1 aliphatic carbocycles. The van der Waals surface area contributed by atoms with Gasteiger partial charge in [-0.05, 0) is 24.5 Å². The number of hydrogen-bond donors (Lipinski definition) is 0. The van der Waals surface area contributed by atoms with Crippen molar-refractivity contribution in [1.82, 2.24) is 4.90 Å². The first-order valence-corrected chi connectivity index (χ1v) is 11.7. The Labute approximate surface area is 165 Å². The van der Waals surface area contributed by atoms with Crippen molar-refractivity contribution < 1.29 is 18.1 Å². The third kappa shape index (κ3) is 4.81. The van der Waals surface area contributed by atoms with Crippen molar-refractivity contribution >= 4 is 27.1 Å². The number of carbonyl (C=O) groups excluding carboxylic acids is 1. The van der Waals surface area contributed by atoms with Crippen molar-refractivity contribution in [3.8, 4) is 0 Å². The Morgan fingerprint density at radius 3 is 2.39 bits per heavy atom. The highest BCUT2D eigenvalue weighted by Gasteiger charge is 2.27. The molecule has 8 nitrogen and oxygen atoms in total. The van der Waals surface area contributed by atoms with E-state index in [1.165, 1.54) is 37.8 Å². The maximum absolute atomic E-state index is 12.5. The average molecular weight is 410 g/mol. The lowest BCUT2D eigenvalue weighted by Crippen LogP contribution is -2.49. The summed E-state index contributed by atoms with van der Waals surface area (Å²) < 4.78 is 23.4. The molecule has 3 rings (SSSR count). The molecule has 1 saturated carbocycles. The summed E-state index contributed by atoms with van der Waals surface area (Å²) in [5, 5.41) is 11.4. The minimum absolute atomic E-state index is 0.0660. The summed E-state index contributed by atoms with van der Waals surface area (Å²) in [5.41, 5.74) is 0.180. The van der Waals surface area contributed by atoms with Crippen LogP contribution in [0.4, 0.5) is 11.4 Å². The first-order chi connectivity index (χ1) is 13.3. The average Bonchev–Trinajstić information content (AvgIpc) is 3.18. The van der Waals surface area contributed by atoms with E-state index < -0.39 is 14.8 Å². The zero-order valence-corrected chi connectivity index (χ0v) is 17.0. The molecule has 0 N–H and O–H groups in total. The summed E-state index contributed by atoms with van der Waals surface area (Å²) in [4.78, 5) is 27.0. The lowest BCUT2D eigenvalue weighted by atomic mass is 10.0. The summed E-state index contributed by atoms with van der Waals surface area (Å²) in [6.07, 6.45) is 7.57. The van der Waals surface area contributed by atoms with Crippen molar-refractivity contribution in [3.63, 3.8) is 0 Å². The lowest BCUT2D eigenvalue weighted by Gasteiger charge is -2.36. The molecule has 1 aromatic rings. The predicted molar refractivity (Wildman–Crippen MR) is 106 cm³/mol. The molecule has 0 radical (unpaired) electrons. The van der Waals surface area contributed by atoms with Crippen molar-refractivity contribution in [2.24, 2.45) is 5.92 Å². The fourth-order valence-electron chi connectivity index (χ4n) is 4.13. The highest BCUT2D eigenvalue weighted by atomic mass is 32.2. The fraction of sp³-hybridized carbons (Fsp3) is 0.632. The second-order valence-corrected chi connectivity index (χ2v) is 9.75. The van der Waals surface area contributed by atoms with Crippen molar-refractivity contribution in [2.45, 2.75) is 43.4 Å². The molecule has 0 atom stereocenters. The molecule has 1 saturated heterocycles. The Hall–Kier alpha value is -2.16. The Balaban J connectivity index is 1.62. The van der Waals surface area contributed by atoms with E-state index >= 15 is 0 Å². The molecule has 0 aromatic heterocycles. The first kappa shape index (κ1) is 20.6. The molecular formula is C19H27N3O5S. The molecule has 0 unspecified atom stereocenters. The van der Waals surface area contributed by atoms with Crippen molar-refractivity contribution in [2.75, 3.05) is 37.3 Å². The van der Waals surface area contributed by atoms with Gasteiger partial charge in [0, 0.05) is 44.9 Å². The van der Waals surface area contributed by atoms with Crippen LogP contribution in [0.2, 0.25) is 0 Å². The second kappa shape index (κ2) is 8.46. The number of nitro benzene ring substituents is 1. The van der Waals surface area contributed by atoms with Gasteiger partial charge in [0.05, 0.1) is 9.82 Å². The zero-order valence-electron chi connectivity index (χ0n) is 16.2. The minimum Gasteiger partial charge on any atom is -0.362 e. The maximum atomic E-state index is 12.5. The highest BCUT2D eigenvalue weighted by molar-refractivity contribution is 7.90. The number of benzene rings is 1. The van der Waals surface area contributed by atoms with E-state index in [1.54, 1.807) is 0 Å². The Morgan fingerprint density at radius 1 is 1.18 bits per heavy atom. The van der Waals surface area contributed by atoms with Gasteiger partial charge in [-0.2, -0.15) is 0 Å². The number of carbonyl (C=O) groups is 1. The molecule has 154 valence electrons. The smallest absolute Gasteiger partial charge is 0.293 e. The number of rotatable bonds is 6. The largest absolute Gasteiger partial charge is 0.362 e. The van der Waals surface area contributed by atoms with Gasteiger partial charge in [-0.3, -0.25) is 14.9 Å². The van der Waals surface area contributed by atoms with Crippen LogP contribution < -0.4 is 4.90 Å². The molecule has 2 fully saturated rings.